The Hall–Kier alpha value is -0.290. The van der Waals surface area contributed by atoms with E-state index in [-0.39, 0.29) is 0 Å². The third-order valence-electron chi connectivity index (χ3n) is 2.62. The number of hydrogen-bond donors (Lipinski definition) is 1. The summed E-state index contributed by atoms with van der Waals surface area (Å²) in [5.74, 6) is 4.10. The predicted octanol–water partition coefficient (Wildman–Crippen LogP) is 2.90. The van der Waals surface area contributed by atoms with Gasteiger partial charge >= 0.3 is 0 Å². The number of rotatable bonds is 5. The van der Waals surface area contributed by atoms with E-state index in [2.05, 4.69) is 41.1 Å². The highest BCUT2D eigenvalue weighted by Gasteiger charge is 2.15. The fraction of sp³-hybridized carbons (Fsp3) is 0.818. The minimum Gasteiger partial charge on any atom is -0.360 e. The van der Waals surface area contributed by atoms with Gasteiger partial charge in [0.05, 0.1) is 0 Å². The van der Waals surface area contributed by atoms with Gasteiger partial charge in [-0.15, -0.1) is 10.2 Å². The standard InChI is InChI=1S/C11H19N3S2/c1-8(2)5-10-13-14-11(16-10)12-6-9-3-4-15-7-9/h8-9H,3-7H2,1-2H3,(H,12,14). The molecule has 1 N–H and O–H groups in total. The maximum absolute atomic E-state index is 4.20. The summed E-state index contributed by atoms with van der Waals surface area (Å²) in [4.78, 5) is 0. The Balaban J connectivity index is 1.78. The molecule has 1 aromatic rings. The van der Waals surface area contributed by atoms with Crippen LogP contribution >= 0.6 is 23.1 Å². The lowest BCUT2D eigenvalue weighted by Gasteiger charge is -2.07. The van der Waals surface area contributed by atoms with E-state index >= 15 is 0 Å². The number of thioether (sulfide) groups is 1. The summed E-state index contributed by atoms with van der Waals surface area (Å²) in [5, 5.41) is 13.9. The van der Waals surface area contributed by atoms with Gasteiger partial charge in [-0.3, -0.25) is 0 Å². The van der Waals surface area contributed by atoms with Gasteiger partial charge in [0.1, 0.15) is 5.01 Å². The zero-order chi connectivity index (χ0) is 11.4. The average molecular weight is 257 g/mol. The van der Waals surface area contributed by atoms with Crippen molar-refractivity contribution < 1.29 is 0 Å². The molecule has 1 aliphatic rings. The molecule has 0 aromatic carbocycles. The van der Waals surface area contributed by atoms with Crippen molar-refractivity contribution in [2.75, 3.05) is 23.4 Å². The Morgan fingerprint density at radius 1 is 1.44 bits per heavy atom. The van der Waals surface area contributed by atoms with Crippen LogP contribution in [0.25, 0.3) is 0 Å². The Labute approximate surface area is 105 Å². The first-order chi connectivity index (χ1) is 7.74. The van der Waals surface area contributed by atoms with Crippen LogP contribution in [0, 0.1) is 11.8 Å². The summed E-state index contributed by atoms with van der Waals surface area (Å²) < 4.78 is 0. The van der Waals surface area contributed by atoms with E-state index in [1.165, 1.54) is 17.9 Å². The summed E-state index contributed by atoms with van der Waals surface area (Å²) in [6.07, 6.45) is 2.38. The highest BCUT2D eigenvalue weighted by Crippen LogP contribution is 2.24. The molecule has 90 valence electrons. The molecule has 1 unspecified atom stereocenters. The van der Waals surface area contributed by atoms with Gasteiger partial charge in [-0.1, -0.05) is 25.2 Å². The molecule has 2 heterocycles. The molecule has 2 rings (SSSR count). The molecule has 16 heavy (non-hydrogen) atoms. The van der Waals surface area contributed by atoms with Gasteiger partial charge in [0.25, 0.3) is 0 Å². The molecular formula is C11H19N3S2. The minimum absolute atomic E-state index is 0.659. The van der Waals surface area contributed by atoms with Crippen LogP contribution in [0.15, 0.2) is 0 Å². The molecule has 0 bridgehead atoms. The van der Waals surface area contributed by atoms with Crippen LogP contribution in [0.3, 0.4) is 0 Å². The molecule has 3 nitrogen and oxygen atoms in total. The minimum atomic E-state index is 0.659. The molecule has 5 heteroatoms. The van der Waals surface area contributed by atoms with Crippen molar-refractivity contribution in [1.82, 2.24) is 10.2 Å². The quantitative estimate of drug-likeness (QED) is 0.880. The van der Waals surface area contributed by atoms with Crippen molar-refractivity contribution in [3.63, 3.8) is 0 Å². The summed E-state index contributed by atoms with van der Waals surface area (Å²) in [5.41, 5.74) is 0. The van der Waals surface area contributed by atoms with Crippen LogP contribution < -0.4 is 5.32 Å². The van der Waals surface area contributed by atoms with Crippen molar-refractivity contribution in [3.05, 3.63) is 5.01 Å². The average Bonchev–Trinajstić information content (AvgIpc) is 2.84. The smallest absolute Gasteiger partial charge is 0.205 e. The Kier molecular flexibility index (Phi) is 4.46. The first-order valence-corrected chi connectivity index (χ1v) is 7.85. The Morgan fingerprint density at radius 3 is 3.00 bits per heavy atom. The van der Waals surface area contributed by atoms with Crippen LogP contribution in [0.2, 0.25) is 0 Å². The van der Waals surface area contributed by atoms with Crippen LogP contribution in [0.4, 0.5) is 5.13 Å². The highest BCUT2D eigenvalue weighted by atomic mass is 32.2. The van der Waals surface area contributed by atoms with Crippen LogP contribution in [-0.2, 0) is 6.42 Å². The monoisotopic (exact) mass is 257 g/mol. The summed E-state index contributed by atoms with van der Waals surface area (Å²) in [7, 11) is 0. The lowest BCUT2D eigenvalue weighted by molar-refractivity contribution is 0.630. The lowest BCUT2D eigenvalue weighted by Crippen LogP contribution is -2.13. The molecule has 0 amide bonds. The van der Waals surface area contributed by atoms with E-state index in [4.69, 9.17) is 0 Å². The van der Waals surface area contributed by atoms with Gasteiger partial charge in [0.15, 0.2) is 0 Å². The fourth-order valence-electron chi connectivity index (χ4n) is 1.73. The Morgan fingerprint density at radius 2 is 2.31 bits per heavy atom. The molecule has 0 spiro atoms. The second kappa shape index (κ2) is 5.87. The van der Waals surface area contributed by atoms with E-state index < -0.39 is 0 Å². The number of hydrogen-bond acceptors (Lipinski definition) is 5. The summed E-state index contributed by atoms with van der Waals surface area (Å²) >= 11 is 3.76. The van der Waals surface area contributed by atoms with Crippen molar-refractivity contribution in [1.29, 1.82) is 0 Å². The zero-order valence-corrected chi connectivity index (χ0v) is 11.5. The third kappa shape index (κ3) is 3.63. The molecule has 1 saturated heterocycles. The molecule has 0 radical (unpaired) electrons. The van der Waals surface area contributed by atoms with Crippen molar-refractivity contribution in [2.45, 2.75) is 26.7 Å². The van der Waals surface area contributed by atoms with Crippen LogP contribution in [-0.4, -0.2) is 28.2 Å². The molecule has 1 fully saturated rings. The van der Waals surface area contributed by atoms with Gasteiger partial charge in [-0.05, 0) is 29.8 Å². The number of aromatic nitrogens is 2. The maximum atomic E-state index is 4.20. The van der Waals surface area contributed by atoms with E-state index in [9.17, 15) is 0 Å². The zero-order valence-electron chi connectivity index (χ0n) is 9.90. The second-order valence-electron chi connectivity index (χ2n) is 4.71. The first kappa shape index (κ1) is 12.2. The highest BCUT2D eigenvalue weighted by molar-refractivity contribution is 7.99. The van der Waals surface area contributed by atoms with Gasteiger partial charge < -0.3 is 5.32 Å². The molecule has 1 aliphatic heterocycles. The van der Waals surface area contributed by atoms with Crippen molar-refractivity contribution in [2.24, 2.45) is 11.8 Å². The van der Waals surface area contributed by atoms with E-state index in [1.54, 1.807) is 11.3 Å². The fourth-order valence-corrected chi connectivity index (χ4v) is 3.98. The van der Waals surface area contributed by atoms with Crippen molar-refractivity contribution >= 4 is 28.2 Å². The third-order valence-corrected chi connectivity index (χ3v) is 4.75. The topological polar surface area (TPSA) is 37.8 Å². The van der Waals surface area contributed by atoms with Crippen LogP contribution in [0.1, 0.15) is 25.3 Å². The van der Waals surface area contributed by atoms with Gasteiger partial charge in [0, 0.05) is 13.0 Å². The number of anilines is 1. The molecule has 1 atom stereocenters. The van der Waals surface area contributed by atoms with Gasteiger partial charge in [0.2, 0.25) is 5.13 Å². The molecule has 0 saturated carbocycles. The Bertz CT molecular complexity index is 319. The predicted molar refractivity (Wildman–Crippen MR) is 72.4 cm³/mol. The van der Waals surface area contributed by atoms with E-state index in [0.29, 0.717) is 5.92 Å². The van der Waals surface area contributed by atoms with Gasteiger partial charge in [-0.2, -0.15) is 11.8 Å². The normalized spacial score (nSPS) is 20.6. The summed E-state index contributed by atoms with van der Waals surface area (Å²) in [6.45, 7) is 5.48. The van der Waals surface area contributed by atoms with E-state index in [0.717, 1.165) is 29.0 Å². The SMILES string of the molecule is CC(C)Cc1nnc(NCC2CCSC2)s1. The van der Waals surface area contributed by atoms with Gasteiger partial charge in [-0.25, -0.2) is 0 Å². The lowest BCUT2D eigenvalue weighted by atomic mass is 10.1. The largest absolute Gasteiger partial charge is 0.360 e. The second-order valence-corrected chi connectivity index (χ2v) is 6.92. The molecule has 0 aliphatic carbocycles. The summed E-state index contributed by atoms with van der Waals surface area (Å²) in [6, 6.07) is 0. The van der Waals surface area contributed by atoms with Crippen LogP contribution in [0.5, 0.6) is 0 Å². The number of nitrogens with zero attached hydrogens (tertiary/aromatic N) is 2. The first-order valence-electron chi connectivity index (χ1n) is 5.88. The van der Waals surface area contributed by atoms with Crippen molar-refractivity contribution in [3.8, 4) is 0 Å². The van der Waals surface area contributed by atoms with E-state index in [1.807, 2.05) is 0 Å². The maximum Gasteiger partial charge on any atom is 0.205 e. The molecule has 1 aromatic heterocycles. The molecular weight excluding hydrogens is 238 g/mol. The number of nitrogens with one attached hydrogen (secondary N) is 1.